The molecule has 6 nitrogen and oxygen atoms in total. The molecule has 0 aromatic heterocycles. The van der Waals surface area contributed by atoms with Gasteiger partial charge in [0.2, 0.25) is 5.91 Å². The van der Waals surface area contributed by atoms with Crippen LogP contribution in [0.15, 0.2) is 48.5 Å². The summed E-state index contributed by atoms with van der Waals surface area (Å²) in [4.78, 5) is 35.1. The molecule has 2 aromatic rings. The molecular formula is C18H17NO5. The predicted molar refractivity (Wildman–Crippen MR) is 88.1 cm³/mol. The molecular weight excluding hydrogens is 310 g/mol. The number of carbonyl (C=O) groups is 3. The van der Waals surface area contributed by atoms with Crippen molar-refractivity contribution in [3.05, 3.63) is 59.7 Å². The van der Waals surface area contributed by atoms with Gasteiger partial charge in [-0.2, -0.15) is 0 Å². The van der Waals surface area contributed by atoms with Crippen LogP contribution in [0.25, 0.3) is 0 Å². The van der Waals surface area contributed by atoms with Crippen molar-refractivity contribution in [1.82, 2.24) is 0 Å². The van der Waals surface area contributed by atoms with Gasteiger partial charge in [-0.05, 0) is 42.5 Å². The zero-order valence-corrected chi connectivity index (χ0v) is 13.1. The number of rotatable bonds is 6. The summed E-state index contributed by atoms with van der Waals surface area (Å²) in [7, 11) is 0. The molecule has 0 atom stereocenters. The highest BCUT2D eigenvalue weighted by Crippen LogP contribution is 2.13. The lowest BCUT2D eigenvalue weighted by molar-refractivity contribution is -0.115. The maximum atomic E-state index is 12.0. The first-order valence-electron chi connectivity index (χ1n) is 7.39. The second-order valence-corrected chi connectivity index (χ2v) is 5.03. The third-order valence-corrected chi connectivity index (χ3v) is 3.23. The Morgan fingerprint density at radius 1 is 1.04 bits per heavy atom. The topological polar surface area (TPSA) is 92.7 Å². The molecule has 0 heterocycles. The van der Waals surface area contributed by atoms with Crippen LogP contribution in [0.2, 0.25) is 0 Å². The molecule has 0 aliphatic carbocycles. The van der Waals surface area contributed by atoms with E-state index in [1.165, 1.54) is 24.3 Å². The molecule has 0 aliphatic heterocycles. The molecule has 0 spiro atoms. The highest BCUT2D eigenvalue weighted by atomic mass is 16.5. The number of anilines is 1. The largest absolute Gasteiger partial charge is 0.508 e. The molecule has 0 unspecified atom stereocenters. The van der Waals surface area contributed by atoms with Crippen LogP contribution < -0.4 is 5.32 Å². The van der Waals surface area contributed by atoms with E-state index in [9.17, 15) is 19.5 Å². The number of Topliss-reactive ketones (excluding diaryl/α,β-unsaturated/α-hetero) is 1. The molecule has 2 N–H and O–H groups in total. The number of esters is 1. The van der Waals surface area contributed by atoms with Gasteiger partial charge in [-0.3, -0.25) is 9.59 Å². The average molecular weight is 327 g/mol. The fourth-order valence-electron chi connectivity index (χ4n) is 1.92. The predicted octanol–water partition coefficient (Wildman–Crippen LogP) is 2.78. The molecule has 0 bridgehead atoms. The molecule has 1 amide bonds. The van der Waals surface area contributed by atoms with Crippen LogP contribution in [0.5, 0.6) is 5.75 Å². The number of nitrogens with one attached hydrogen (secondary N) is 1. The van der Waals surface area contributed by atoms with E-state index >= 15 is 0 Å². The summed E-state index contributed by atoms with van der Waals surface area (Å²) in [6.45, 7) is 1.34. The molecule has 124 valence electrons. The van der Waals surface area contributed by atoms with Gasteiger partial charge in [0.1, 0.15) is 5.75 Å². The van der Waals surface area contributed by atoms with Crippen LogP contribution in [-0.2, 0) is 9.53 Å². The van der Waals surface area contributed by atoms with Crippen LogP contribution in [-0.4, -0.2) is 29.4 Å². The summed E-state index contributed by atoms with van der Waals surface area (Å²) >= 11 is 0. The molecule has 0 aliphatic rings. The molecule has 0 fully saturated rings. The Hall–Kier alpha value is -3.15. The third kappa shape index (κ3) is 4.67. The van der Waals surface area contributed by atoms with E-state index in [1.54, 1.807) is 31.2 Å². The first kappa shape index (κ1) is 17.2. The van der Waals surface area contributed by atoms with Crippen molar-refractivity contribution in [2.45, 2.75) is 13.3 Å². The van der Waals surface area contributed by atoms with Crippen molar-refractivity contribution in [2.24, 2.45) is 0 Å². The van der Waals surface area contributed by atoms with Crippen LogP contribution in [0.1, 0.15) is 34.1 Å². The van der Waals surface area contributed by atoms with Crippen LogP contribution in [0.4, 0.5) is 5.69 Å². The minimum atomic E-state index is -0.689. The van der Waals surface area contributed by atoms with Crippen molar-refractivity contribution in [2.75, 3.05) is 11.9 Å². The quantitative estimate of drug-likeness (QED) is 0.628. The number of amides is 1. The summed E-state index contributed by atoms with van der Waals surface area (Å²) in [6, 6.07) is 12.0. The fourth-order valence-corrected chi connectivity index (χ4v) is 1.92. The number of ether oxygens (including phenoxy) is 1. The zero-order valence-electron chi connectivity index (χ0n) is 13.1. The van der Waals surface area contributed by atoms with Crippen molar-refractivity contribution < 1.29 is 24.2 Å². The lowest BCUT2D eigenvalue weighted by Gasteiger charge is -2.06. The number of aromatic hydroxyl groups is 1. The Morgan fingerprint density at radius 2 is 1.75 bits per heavy atom. The summed E-state index contributed by atoms with van der Waals surface area (Å²) in [5.41, 5.74) is 1.13. The third-order valence-electron chi connectivity index (χ3n) is 3.23. The zero-order chi connectivity index (χ0) is 17.5. The first-order chi connectivity index (χ1) is 11.5. The molecule has 6 heteroatoms. The standard InChI is InChI=1S/C18H17NO5/c1-2-17(22)19-14-8-6-12(7-9-14)16(21)11-24-18(23)13-4-3-5-15(20)10-13/h3-10,20H,2,11H2,1H3,(H,19,22). The van der Waals surface area contributed by atoms with Gasteiger partial charge < -0.3 is 15.2 Å². The Kier molecular flexibility index (Phi) is 5.68. The number of phenolic OH excluding ortho intramolecular Hbond substituents is 1. The van der Waals surface area contributed by atoms with E-state index in [1.807, 2.05) is 0 Å². The normalized spacial score (nSPS) is 10.0. The summed E-state index contributed by atoms with van der Waals surface area (Å²) in [6.07, 6.45) is 0.367. The van der Waals surface area contributed by atoms with Gasteiger partial charge in [-0.1, -0.05) is 13.0 Å². The lowest BCUT2D eigenvalue weighted by Crippen LogP contribution is -2.14. The second-order valence-electron chi connectivity index (χ2n) is 5.03. The van der Waals surface area contributed by atoms with E-state index in [2.05, 4.69) is 5.32 Å². The van der Waals surface area contributed by atoms with Crippen LogP contribution in [0, 0.1) is 0 Å². The summed E-state index contributed by atoms with van der Waals surface area (Å²) in [5, 5.41) is 12.0. The molecule has 0 radical (unpaired) electrons. The van der Waals surface area contributed by atoms with Gasteiger partial charge in [0.15, 0.2) is 12.4 Å². The second kappa shape index (κ2) is 7.92. The SMILES string of the molecule is CCC(=O)Nc1ccc(C(=O)COC(=O)c2cccc(O)c2)cc1. The molecule has 0 saturated carbocycles. The fraction of sp³-hybridized carbons (Fsp3) is 0.167. The average Bonchev–Trinajstić information content (AvgIpc) is 2.59. The number of benzene rings is 2. The van der Waals surface area contributed by atoms with E-state index in [0.29, 0.717) is 17.7 Å². The van der Waals surface area contributed by atoms with E-state index in [-0.39, 0.29) is 23.0 Å². The Labute approximate surface area is 139 Å². The van der Waals surface area contributed by atoms with Crippen molar-refractivity contribution >= 4 is 23.3 Å². The lowest BCUT2D eigenvalue weighted by atomic mass is 10.1. The van der Waals surface area contributed by atoms with Gasteiger partial charge in [0.05, 0.1) is 5.56 Å². The number of ketones is 1. The van der Waals surface area contributed by atoms with Gasteiger partial charge in [-0.25, -0.2) is 4.79 Å². The molecule has 2 aromatic carbocycles. The monoisotopic (exact) mass is 327 g/mol. The minimum absolute atomic E-state index is 0.0551. The Morgan fingerprint density at radius 3 is 2.38 bits per heavy atom. The van der Waals surface area contributed by atoms with Crippen LogP contribution >= 0.6 is 0 Å². The number of hydrogen-bond donors (Lipinski definition) is 2. The molecule has 0 saturated heterocycles. The number of phenols is 1. The highest BCUT2D eigenvalue weighted by molar-refractivity contribution is 6.00. The first-order valence-corrected chi connectivity index (χ1v) is 7.39. The number of hydrogen-bond acceptors (Lipinski definition) is 5. The van der Waals surface area contributed by atoms with Gasteiger partial charge in [-0.15, -0.1) is 0 Å². The molecule has 24 heavy (non-hydrogen) atoms. The van der Waals surface area contributed by atoms with E-state index < -0.39 is 12.6 Å². The van der Waals surface area contributed by atoms with Gasteiger partial charge in [0, 0.05) is 17.7 Å². The smallest absolute Gasteiger partial charge is 0.338 e. The van der Waals surface area contributed by atoms with Crippen molar-refractivity contribution in [3.63, 3.8) is 0 Å². The van der Waals surface area contributed by atoms with Crippen LogP contribution in [0.3, 0.4) is 0 Å². The summed E-state index contributed by atoms with van der Waals surface area (Å²) < 4.78 is 4.94. The maximum absolute atomic E-state index is 12.0. The summed E-state index contributed by atoms with van der Waals surface area (Å²) in [5.74, 6) is -1.22. The number of carbonyl (C=O) groups excluding carboxylic acids is 3. The molecule has 2 rings (SSSR count). The highest BCUT2D eigenvalue weighted by Gasteiger charge is 2.12. The Bertz CT molecular complexity index is 752. The minimum Gasteiger partial charge on any atom is -0.508 e. The van der Waals surface area contributed by atoms with E-state index in [4.69, 9.17) is 4.74 Å². The van der Waals surface area contributed by atoms with Crippen molar-refractivity contribution in [3.8, 4) is 5.75 Å². The maximum Gasteiger partial charge on any atom is 0.338 e. The Balaban J connectivity index is 1.92. The van der Waals surface area contributed by atoms with Gasteiger partial charge >= 0.3 is 5.97 Å². The van der Waals surface area contributed by atoms with Crippen molar-refractivity contribution in [1.29, 1.82) is 0 Å². The van der Waals surface area contributed by atoms with E-state index in [0.717, 1.165) is 0 Å². The van der Waals surface area contributed by atoms with Gasteiger partial charge in [0.25, 0.3) is 0 Å².